The summed E-state index contributed by atoms with van der Waals surface area (Å²) in [7, 11) is 0. The van der Waals surface area contributed by atoms with Crippen molar-refractivity contribution >= 4 is 0 Å². The molecule has 0 saturated carbocycles. The molecule has 118 valence electrons. The van der Waals surface area contributed by atoms with E-state index in [1.54, 1.807) is 0 Å². The Morgan fingerprint density at radius 3 is 2.62 bits per heavy atom. The summed E-state index contributed by atoms with van der Waals surface area (Å²) in [6.45, 7) is 12.5. The van der Waals surface area contributed by atoms with Crippen LogP contribution in [0.15, 0.2) is 12.1 Å². The fourth-order valence-corrected chi connectivity index (χ4v) is 2.85. The molecule has 0 aliphatic carbocycles. The van der Waals surface area contributed by atoms with Gasteiger partial charge in [0.15, 0.2) is 0 Å². The second-order valence-electron chi connectivity index (χ2n) is 6.26. The standard InChI is InChI=1S/C17H27FN2O/c1-12(2)20-5-6-21-16(11-20)10-19-9-15-7-13(3)17(18)14(4)8-15/h7-8,12,16,19H,5-6,9-11H2,1-4H3. The molecule has 0 amide bonds. The lowest BCUT2D eigenvalue weighted by atomic mass is 10.1. The van der Waals surface area contributed by atoms with Crippen LogP contribution in [0.25, 0.3) is 0 Å². The number of hydrogen-bond donors (Lipinski definition) is 1. The molecule has 1 atom stereocenters. The van der Waals surface area contributed by atoms with Crippen LogP contribution in [-0.4, -0.2) is 43.3 Å². The summed E-state index contributed by atoms with van der Waals surface area (Å²) in [6.07, 6.45) is 0.240. The summed E-state index contributed by atoms with van der Waals surface area (Å²) in [5.41, 5.74) is 2.56. The zero-order valence-electron chi connectivity index (χ0n) is 13.6. The maximum atomic E-state index is 13.6. The summed E-state index contributed by atoms with van der Waals surface area (Å²) in [4.78, 5) is 2.45. The van der Waals surface area contributed by atoms with Crippen LogP contribution in [0.5, 0.6) is 0 Å². The molecule has 21 heavy (non-hydrogen) atoms. The summed E-state index contributed by atoms with van der Waals surface area (Å²) >= 11 is 0. The normalized spacial score (nSPS) is 20.2. The molecule has 0 aromatic heterocycles. The van der Waals surface area contributed by atoms with Crippen LogP contribution in [0, 0.1) is 19.7 Å². The molecule has 4 heteroatoms. The van der Waals surface area contributed by atoms with Gasteiger partial charge in [0.1, 0.15) is 5.82 Å². The van der Waals surface area contributed by atoms with Gasteiger partial charge in [-0.25, -0.2) is 4.39 Å². The highest BCUT2D eigenvalue weighted by molar-refractivity contribution is 5.30. The largest absolute Gasteiger partial charge is 0.374 e. The minimum Gasteiger partial charge on any atom is -0.374 e. The summed E-state index contributed by atoms with van der Waals surface area (Å²) in [6, 6.07) is 4.40. The van der Waals surface area contributed by atoms with E-state index in [0.29, 0.717) is 17.2 Å². The molecule has 0 spiro atoms. The third kappa shape index (κ3) is 4.50. The van der Waals surface area contributed by atoms with Crippen molar-refractivity contribution in [3.63, 3.8) is 0 Å². The van der Waals surface area contributed by atoms with Crippen molar-refractivity contribution in [1.82, 2.24) is 10.2 Å². The zero-order chi connectivity index (χ0) is 15.4. The Balaban J connectivity index is 1.81. The van der Waals surface area contributed by atoms with Crippen molar-refractivity contribution in [3.8, 4) is 0 Å². The first-order valence-electron chi connectivity index (χ1n) is 7.79. The number of nitrogens with one attached hydrogen (secondary N) is 1. The lowest BCUT2D eigenvalue weighted by molar-refractivity contribution is -0.0372. The molecular weight excluding hydrogens is 267 g/mol. The number of ether oxygens (including phenoxy) is 1. The van der Waals surface area contributed by atoms with Crippen LogP contribution in [-0.2, 0) is 11.3 Å². The Kier molecular flexibility index (Phi) is 5.73. The number of benzene rings is 1. The van der Waals surface area contributed by atoms with Gasteiger partial charge < -0.3 is 10.1 Å². The molecule has 1 aromatic rings. The van der Waals surface area contributed by atoms with Crippen molar-refractivity contribution in [1.29, 1.82) is 0 Å². The quantitative estimate of drug-likeness (QED) is 0.903. The molecule has 0 radical (unpaired) electrons. The van der Waals surface area contributed by atoms with E-state index in [9.17, 15) is 4.39 Å². The monoisotopic (exact) mass is 294 g/mol. The smallest absolute Gasteiger partial charge is 0.129 e. The van der Waals surface area contributed by atoms with Gasteiger partial charge in [0, 0.05) is 32.2 Å². The first-order valence-corrected chi connectivity index (χ1v) is 7.79. The Labute approximate surface area is 127 Å². The Morgan fingerprint density at radius 1 is 1.33 bits per heavy atom. The first-order chi connectivity index (χ1) is 9.97. The SMILES string of the molecule is Cc1cc(CNCC2CN(C(C)C)CCO2)cc(C)c1F. The molecule has 3 nitrogen and oxygen atoms in total. The van der Waals surface area contributed by atoms with Gasteiger partial charge in [0.2, 0.25) is 0 Å². The van der Waals surface area contributed by atoms with Crippen LogP contribution in [0.1, 0.15) is 30.5 Å². The van der Waals surface area contributed by atoms with E-state index in [1.165, 1.54) is 0 Å². The predicted octanol–water partition coefficient (Wildman–Crippen LogP) is 2.64. The van der Waals surface area contributed by atoms with E-state index in [1.807, 2.05) is 26.0 Å². The Hall–Kier alpha value is -0.970. The zero-order valence-corrected chi connectivity index (χ0v) is 13.6. The van der Waals surface area contributed by atoms with Crippen LogP contribution in [0.2, 0.25) is 0 Å². The maximum absolute atomic E-state index is 13.6. The van der Waals surface area contributed by atoms with Crippen molar-refractivity contribution < 1.29 is 9.13 Å². The number of nitrogens with zero attached hydrogens (tertiary/aromatic N) is 1. The van der Waals surface area contributed by atoms with Gasteiger partial charge >= 0.3 is 0 Å². The molecule has 1 aliphatic rings. The maximum Gasteiger partial charge on any atom is 0.129 e. The van der Waals surface area contributed by atoms with Crippen molar-refractivity contribution in [3.05, 3.63) is 34.6 Å². The number of morpholine rings is 1. The summed E-state index contributed by atoms with van der Waals surface area (Å²) < 4.78 is 19.4. The Bertz CT molecular complexity index is 453. The third-order valence-corrected chi connectivity index (χ3v) is 4.10. The van der Waals surface area contributed by atoms with Crippen LogP contribution >= 0.6 is 0 Å². The molecule has 1 aromatic carbocycles. The fraction of sp³-hybridized carbons (Fsp3) is 0.647. The van der Waals surface area contributed by atoms with E-state index < -0.39 is 0 Å². The average Bonchev–Trinajstić information content (AvgIpc) is 2.45. The number of hydrogen-bond acceptors (Lipinski definition) is 3. The van der Waals surface area contributed by atoms with E-state index in [-0.39, 0.29) is 11.9 Å². The highest BCUT2D eigenvalue weighted by Gasteiger charge is 2.21. The van der Waals surface area contributed by atoms with E-state index in [0.717, 1.165) is 38.3 Å². The average molecular weight is 294 g/mol. The van der Waals surface area contributed by atoms with Gasteiger partial charge in [-0.2, -0.15) is 0 Å². The number of aryl methyl sites for hydroxylation is 2. The third-order valence-electron chi connectivity index (χ3n) is 4.10. The van der Waals surface area contributed by atoms with E-state index in [4.69, 9.17) is 4.74 Å². The van der Waals surface area contributed by atoms with Gasteiger partial charge in [-0.1, -0.05) is 12.1 Å². The molecule has 0 bridgehead atoms. The molecule has 1 N–H and O–H groups in total. The summed E-state index contributed by atoms with van der Waals surface area (Å²) in [5.74, 6) is -0.0954. The highest BCUT2D eigenvalue weighted by atomic mass is 19.1. The summed E-state index contributed by atoms with van der Waals surface area (Å²) in [5, 5.41) is 3.43. The highest BCUT2D eigenvalue weighted by Crippen LogP contribution is 2.15. The molecule has 1 fully saturated rings. The Morgan fingerprint density at radius 2 is 2.00 bits per heavy atom. The minimum atomic E-state index is -0.0954. The molecule has 1 unspecified atom stereocenters. The second kappa shape index (κ2) is 7.34. The van der Waals surface area contributed by atoms with Crippen LogP contribution in [0.4, 0.5) is 4.39 Å². The molecular formula is C17H27FN2O. The predicted molar refractivity (Wildman–Crippen MR) is 84.0 cm³/mol. The van der Waals surface area contributed by atoms with Crippen LogP contribution in [0.3, 0.4) is 0 Å². The molecule has 2 rings (SSSR count). The van der Waals surface area contributed by atoms with Gasteiger partial charge in [0.05, 0.1) is 12.7 Å². The van der Waals surface area contributed by atoms with Gasteiger partial charge in [0.25, 0.3) is 0 Å². The van der Waals surface area contributed by atoms with Gasteiger partial charge in [-0.15, -0.1) is 0 Å². The van der Waals surface area contributed by atoms with Crippen LogP contribution < -0.4 is 5.32 Å². The van der Waals surface area contributed by atoms with Crippen molar-refractivity contribution in [2.24, 2.45) is 0 Å². The second-order valence-corrected chi connectivity index (χ2v) is 6.26. The van der Waals surface area contributed by atoms with Gasteiger partial charge in [-0.05, 0) is 44.4 Å². The van der Waals surface area contributed by atoms with E-state index in [2.05, 4.69) is 24.1 Å². The molecule has 1 saturated heterocycles. The fourth-order valence-electron chi connectivity index (χ4n) is 2.85. The molecule has 1 heterocycles. The van der Waals surface area contributed by atoms with Crippen molar-refractivity contribution in [2.75, 3.05) is 26.2 Å². The topological polar surface area (TPSA) is 24.5 Å². The first kappa shape index (κ1) is 16.4. The van der Waals surface area contributed by atoms with Crippen molar-refractivity contribution in [2.45, 2.75) is 46.4 Å². The van der Waals surface area contributed by atoms with Gasteiger partial charge in [-0.3, -0.25) is 4.90 Å². The molecule has 1 aliphatic heterocycles. The lowest BCUT2D eigenvalue weighted by Crippen LogP contribution is -2.48. The van der Waals surface area contributed by atoms with E-state index >= 15 is 0 Å². The number of rotatable bonds is 5. The minimum absolute atomic E-state index is 0.0954. The lowest BCUT2D eigenvalue weighted by Gasteiger charge is -2.35. The number of halogens is 1.